The summed E-state index contributed by atoms with van der Waals surface area (Å²) in [4.78, 5) is 0. The van der Waals surface area contributed by atoms with Gasteiger partial charge in [-0.05, 0) is 48.5 Å². The van der Waals surface area contributed by atoms with E-state index in [1.54, 1.807) is 14.2 Å². The number of nitrogens with zero attached hydrogens (tertiary/aromatic N) is 1. The summed E-state index contributed by atoms with van der Waals surface area (Å²) < 4.78 is 12.4. The van der Waals surface area contributed by atoms with Gasteiger partial charge in [0.05, 0.1) is 48.5 Å². The van der Waals surface area contributed by atoms with Gasteiger partial charge in [-0.25, -0.2) is 0 Å². The van der Waals surface area contributed by atoms with Crippen LogP contribution in [0.4, 0.5) is 11.4 Å². The van der Waals surface area contributed by atoms with Gasteiger partial charge < -0.3 is 9.47 Å². The second-order valence-electron chi connectivity index (χ2n) is 3.68. The van der Waals surface area contributed by atoms with E-state index in [0.29, 0.717) is 0 Å². The van der Waals surface area contributed by atoms with Crippen molar-refractivity contribution in [3.05, 3.63) is 48.5 Å². The average molecular weight is 355 g/mol. The van der Waals surface area contributed by atoms with E-state index in [0.717, 1.165) is 22.9 Å². The zero-order chi connectivity index (χ0) is 13.0. The van der Waals surface area contributed by atoms with Gasteiger partial charge in [0.15, 0.2) is 0 Å². The van der Waals surface area contributed by atoms with Crippen LogP contribution in [-0.4, -0.2) is 14.2 Å². The fourth-order valence-corrected chi connectivity index (χ4v) is 2.22. The molecule has 0 saturated heterocycles. The van der Waals surface area contributed by atoms with Crippen LogP contribution in [0.15, 0.2) is 48.5 Å². The molecule has 0 radical (unpaired) electrons. The van der Waals surface area contributed by atoms with Gasteiger partial charge in [-0.1, -0.05) is 0 Å². The lowest BCUT2D eigenvalue weighted by molar-refractivity contribution is 0.415. The van der Waals surface area contributed by atoms with E-state index in [1.807, 2.05) is 48.5 Å². The first-order valence-corrected chi connectivity index (χ1v) is 6.45. The van der Waals surface area contributed by atoms with E-state index in [1.165, 1.54) is 0 Å². The molecular weight excluding hydrogens is 341 g/mol. The predicted octanol–water partition coefficient (Wildman–Crippen LogP) is 4.19. The molecule has 2 aromatic carbocycles. The van der Waals surface area contributed by atoms with Crippen LogP contribution in [0.3, 0.4) is 0 Å². The third kappa shape index (κ3) is 2.87. The Hall–Kier alpha value is -1.43. The Morgan fingerprint density at radius 3 is 1.33 bits per heavy atom. The van der Waals surface area contributed by atoms with Crippen LogP contribution < -0.4 is 12.6 Å². The molecule has 0 heterocycles. The van der Waals surface area contributed by atoms with Gasteiger partial charge in [0.25, 0.3) is 0 Å². The highest BCUT2D eigenvalue weighted by molar-refractivity contribution is 14.1. The van der Waals surface area contributed by atoms with Crippen LogP contribution in [0.25, 0.3) is 0 Å². The van der Waals surface area contributed by atoms with Crippen molar-refractivity contribution in [3.63, 3.8) is 0 Å². The summed E-state index contributed by atoms with van der Waals surface area (Å²) in [7, 11) is 3.33. The summed E-state index contributed by atoms with van der Waals surface area (Å²) >= 11 is 2.27. The molecule has 0 saturated carbocycles. The van der Waals surface area contributed by atoms with E-state index < -0.39 is 0 Å². The normalized spacial score (nSPS) is 9.94. The van der Waals surface area contributed by atoms with Crippen LogP contribution in [0.1, 0.15) is 0 Å². The summed E-state index contributed by atoms with van der Waals surface area (Å²) in [6.45, 7) is 0. The van der Waals surface area contributed by atoms with Crippen LogP contribution in [0.2, 0.25) is 0 Å². The fourth-order valence-electron chi connectivity index (χ4n) is 1.58. The summed E-state index contributed by atoms with van der Waals surface area (Å²) in [6.07, 6.45) is 0. The number of ether oxygens (including phenoxy) is 2. The van der Waals surface area contributed by atoms with Crippen molar-refractivity contribution in [2.45, 2.75) is 0 Å². The van der Waals surface area contributed by atoms with Gasteiger partial charge in [-0.3, -0.25) is 3.11 Å². The maximum atomic E-state index is 5.15. The Kier molecular flexibility index (Phi) is 4.30. The number of rotatable bonds is 4. The van der Waals surface area contributed by atoms with Crippen LogP contribution in [-0.2, 0) is 0 Å². The Morgan fingerprint density at radius 1 is 0.722 bits per heavy atom. The molecule has 0 bridgehead atoms. The molecule has 94 valence electrons. The Labute approximate surface area is 121 Å². The van der Waals surface area contributed by atoms with Crippen LogP contribution >= 0.6 is 22.9 Å². The van der Waals surface area contributed by atoms with E-state index in [-0.39, 0.29) is 0 Å². The van der Waals surface area contributed by atoms with Crippen molar-refractivity contribution in [2.75, 3.05) is 17.3 Å². The average Bonchev–Trinajstić information content (AvgIpc) is 2.47. The van der Waals surface area contributed by atoms with Crippen molar-refractivity contribution >= 4 is 34.2 Å². The molecular formula is C14H14INO2. The van der Waals surface area contributed by atoms with E-state index in [2.05, 4.69) is 26.0 Å². The van der Waals surface area contributed by atoms with Crippen LogP contribution in [0.5, 0.6) is 11.5 Å². The lowest BCUT2D eigenvalue weighted by Gasteiger charge is -2.17. The van der Waals surface area contributed by atoms with Gasteiger partial charge in [0.1, 0.15) is 11.5 Å². The van der Waals surface area contributed by atoms with Crippen LogP contribution in [0, 0.1) is 0 Å². The molecule has 0 atom stereocenters. The summed E-state index contributed by atoms with van der Waals surface area (Å²) in [5, 5.41) is 0. The first-order valence-electron chi connectivity index (χ1n) is 5.48. The number of hydrogen-bond donors (Lipinski definition) is 0. The molecule has 2 aromatic rings. The van der Waals surface area contributed by atoms with E-state index in [9.17, 15) is 0 Å². The summed E-state index contributed by atoms with van der Waals surface area (Å²) in [6, 6.07) is 15.9. The topological polar surface area (TPSA) is 21.7 Å². The lowest BCUT2D eigenvalue weighted by Crippen LogP contribution is -2.00. The lowest BCUT2D eigenvalue weighted by atomic mass is 10.2. The highest BCUT2D eigenvalue weighted by atomic mass is 127. The van der Waals surface area contributed by atoms with Crippen molar-refractivity contribution < 1.29 is 9.47 Å². The second-order valence-corrected chi connectivity index (χ2v) is 4.64. The number of hydrogen-bond acceptors (Lipinski definition) is 3. The molecule has 0 spiro atoms. The third-order valence-electron chi connectivity index (χ3n) is 2.60. The quantitative estimate of drug-likeness (QED) is 0.606. The zero-order valence-corrected chi connectivity index (χ0v) is 12.4. The smallest absolute Gasteiger partial charge is 0.119 e. The molecule has 0 amide bonds. The van der Waals surface area contributed by atoms with Gasteiger partial charge in [0, 0.05) is 0 Å². The highest BCUT2D eigenvalue weighted by Crippen LogP contribution is 2.31. The predicted molar refractivity (Wildman–Crippen MR) is 82.1 cm³/mol. The SMILES string of the molecule is COc1ccc(N(I)c2ccc(OC)cc2)cc1. The van der Waals surface area contributed by atoms with Gasteiger partial charge >= 0.3 is 0 Å². The Balaban J connectivity index is 2.20. The Morgan fingerprint density at radius 2 is 1.06 bits per heavy atom. The van der Waals surface area contributed by atoms with Crippen molar-refractivity contribution in [1.82, 2.24) is 0 Å². The van der Waals surface area contributed by atoms with Crippen molar-refractivity contribution in [1.29, 1.82) is 0 Å². The molecule has 0 fully saturated rings. The van der Waals surface area contributed by atoms with Crippen molar-refractivity contribution in [2.24, 2.45) is 0 Å². The molecule has 0 aromatic heterocycles. The van der Waals surface area contributed by atoms with Gasteiger partial charge in [-0.15, -0.1) is 0 Å². The molecule has 4 heteroatoms. The molecule has 18 heavy (non-hydrogen) atoms. The Bertz CT molecular complexity index is 449. The minimum atomic E-state index is 0.860. The second kappa shape index (κ2) is 5.95. The standard InChI is InChI=1S/C14H14INO2/c1-17-13-7-3-11(4-8-13)16(15)12-5-9-14(18-2)10-6-12/h3-10H,1-2H3. The third-order valence-corrected chi connectivity index (χ3v) is 3.71. The molecule has 3 nitrogen and oxygen atoms in total. The molecule has 0 N–H and O–H groups in total. The minimum absolute atomic E-state index is 0.860. The maximum absolute atomic E-state index is 5.15. The van der Waals surface area contributed by atoms with Gasteiger partial charge in [0.2, 0.25) is 0 Å². The minimum Gasteiger partial charge on any atom is -0.497 e. The number of benzene rings is 2. The summed E-state index contributed by atoms with van der Waals surface area (Å²) in [5.74, 6) is 1.72. The highest BCUT2D eigenvalue weighted by Gasteiger charge is 2.05. The van der Waals surface area contributed by atoms with Gasteiger partial charge in [-0.2, -0.15) is 0 Å². The van der Waals surface area contributed by atoms with E-state index >= 15 is 0 Å². The zero-order valence-electron chi connectivity index (χ0n) is 10.3. The molecule has 0 aliphatic carbocycles. The molecule has 0 aliphatic rings. The molecule has 2 rings (SSSR count). The number of halogens is 1. The van der Waals surface area contributed by atoms with E-state index in [4.69, 9.17) is 9.47 Å². The number of methoxy groups -OCH3 is 2. The molecule has 0 unspecified atom stereocenters. The first-order chi connectivity index (χ1) is 8.74. The molecule has 0 aliphatic heterocycles. The first kappa shape index (κ1) is 13.0. The fraction of sp³-hybridized carbons (Fsp3) is 0.143. The monoisotopic (exact) mass is 355 g/mol. The maximum Gasteiger partial charge on any atom is 0.119 e. The van der Waals surface area contributed by atoms with Crippen molar-refractivity contribution in [3.8, 4) is 11.5 Å². The largest absolute Gasteiger partial charge is 0.497 e. The summed E-state index contributed by atoms with van der Waals surface area (Å²) in [5.41, 5.74) is 2.20. The number of anilines is 2.